The molecule has 1 aliphatic heterocycles. The second kappa shape index (κ2) is 7.63. The highest BCUT2D eigenvalue weighted by atomic mass is 16.5. The lowest BCUT2D eigenvalue weighted by Gasteiger charge is -2.28. The first-order valence-corrected chi connectivity index (χ1v) is 6.34. The first-order chi connectivity index (χ1) is 8.20. The van der Waals surface area contributed by atoms with Gasteiger partial charge < -0.3 is 15.2 Å². The molecule has 0 aromatic heterocycles. The van der Waals surface area contributed by atoms with E-state index < -0.39 is 0 Å². The quantitative estimate of drug-likeness (QED) is 0.618. The molecule has 2 atom stereocenters. The van der Waals surface area contributed by atoms with Crippen molar-refractivity contribution >= 4 is 5.91 Å². The molecule has 1 aliphatic rings. The van der Waals surface area contributed by atoms with Crippen LogP contribution in [0.5, 0.6) is 0 Å². The van der Waals surface area contributed by atoms with E-state index in [9.17, 15) is 9.90 Å². The molecular weight excluding hydrogens is 220 g/mol. The van der Waals surface area contributed by atoms with Gasteiger partial charge in [-0.15, -0.1) is 0 Å². The molecule has 0 radical (unpaired) electrons. The maximum atomic E-state index is 11.9. The lowest BCUT2D eigenvalue weighted by atomic mass is 10.2. The van der Waals surface area contributed by atoms with Gasteiger partial charge in [-0.1, -0.05) is 0 Å². The standard InChI is InChI=1S/C12H24N2O3/c1-10(12(16)13-6-4-8-17-2)14-7-3-5-11(14)9-15/h10-11,15H,3-9H2,1-2H3,(H,13,16)/t10?,11-/m0/s1. The molecule has 5 heteroatoms. The van der Waals surface area contributed by atoms with Crippen molar-refractivity contribution in [3.05, 3.63) is 0 Å². The number of rotatable bonds is 7. The zero-order valence-corrected chi connectivity index (χ0v) is 10.8. The summed E-state index contributed by atoms with van der Waals surface area (Å²) in [5, 5.41) is 12.1. The number of aliphatic hydroxyl groups excluding tert-OH is 1. The predicted octanol–water partition coefficient (Wildman–Crippen LogP) is -0.0157. The minimum absolute atomic E-state index is 0.0430. The molecule has 1 rings (SSSR count). The summed E-state index contributed by atoms with van der Waals surface area (Å²) in [6, 6.07) is -0.00748. The van der Waals surface area contributed by atoms with Gasteiger partial charge in [-0.05, 0) is 32.7 Å². The number of carbonyl (C=O) groups is 1. The second-order valence-corrected chi connectivity index (χ2v) is 4.53. The Morgan fingerprint density at radius 2 is 2.41 bits per heavy atom. The molecule has 0 aliphatic carbocycles. The van der Waals surface area contributed by atoms with Gasteiger partial charge in [-0.25, -0.2) is 0 Å². The van der Waals surface area contributed by atoms with Gasteiger partial charge >= 0.3 is 0 Å². The number of amides is 1. The van der Waals surface area contributed by atoms with Crippen molar-refractivity contribution in [1.82, 2.24) is 10.2 Å². The third-order valence-electron chi connectivity index (χ3n) is 3.33. The van der Waals surface area contributed by atoms with E-state index in [1.54, 1.807) is 7.11 Å². The van der Waals surface area contributed by atoms with Crippen molar-refractivity contribution in [3.8, 4) is 0 Å². The summed E-state index contributed by atoms with van der Waals surface area (Å²) in [5.74, 6) is 0.0430. The van der Waals surface area contributed by atoms with Crippen molar-refractivity contribution in [2.45, 2.75) is 38.3 Å². The molecule has 17 heavy (non-hydrogen) atoms. The smallest absolute Gasteiger partial charge is 0.237 e. The van der Waals surface area contributed by atoms with E-state index in [-0.39, 0.29) is 24.6 Å². The molecule has 100 valence electrons. The molecule has 1 amide bonds. The number of hydrogen-bond donors (Lipinski definition) is 2. The van der Waals surface area contributed by atoms with Crippen LogP contribution in [0.15, 0.2) is 0 Å². The highest BCUT2D eigenvalue weighted by molar-refractivity contribution is 5.81. The van der Waals surface area contributed by atoms with Crippen LogP contribution in [0.1, 0.15) is 26.2 Å². The normalized spacial score (nSPS) is 22.6. The fourth-order valence-corrected chi connectivity index (χ4v) is 2.29. The topological polar surface area (TPSA) is 61.8 Å². The Kier molecular flexibility index (Phi) is 6.47. The van der Waals surface area contributed by atoms with Gasteiger partial charge in [0.2, 0.25) is 5.91 Å². The van der Waals surface area contributed by atoms with E-state index in [1.165, 1.54) is 0 Å². The van der Waals surface area contributed by atoms with Crippen LogP contribution in [0.3, 0.4) is 0 Å². The third-order valence-corrected chi connectivity index (χ3v) is 3.33. The summed E-state index contributed by atoms with van der Waals surface area (Å²) in [6.07, 6.45) is 2.88. The number of ether oxygens (including phenoxy) is 1. The number of methoxy groups -OCH3 is 1. The van der Waals surface area contributed by atoms with Crippen LogP contribution in [0.4, 0.5) is 0 Å². The van der Waals surface area contributed by atoms with Crippen LogP contribution < -0.4 is 5.32 Å². The highest BCUT2D eigenvalue weighted by Gasteiger charge is 2.31. The number of aliphatic hydroxyl groups is 1. The number of carbonyl (C=O) groups excluding carboxylic acids is 1. The molecular formula is C12H24N2O3. The molecule has 1 unspecified atom stereocenters. The molecule has 0 aromatic rings. The zero-order chi connectivity index (χ0) is 12.7. The van der Waals surface area contributed by atoms with Gasteiger partial charge in [-0.2, -0.15) is 0 Å². The SMILES string of the molecule is COCCCNC(=O)C(C)N1CCC[C@H]1CO. The number of hydrogen-bond acceptors (Lipinski definition) is 4. The maximum absolute atomic E-state index is 11.9. The average Bonchev–Trinajstić information content (AvgIpc) is 2.81. The van der Waals surface area contributed by atoms with Crippen molar-refractivity contribution in [3.63, 3.8) is 0 Å². The van der Waals surface area contributed by atoms with Crippen LogP contribution in [0.2, 0.25) is 0 Å². The fraction of sp³-hybridized carbons (Fsp3) is 0.917. The van der Waals surface area contributed by atoms with Crippen LogP contribution in [-0.2, 0) is 9.53 Å². The molecule has 0 spiro atoms. The molecule has 1 saturated heterocycles. The van der Waals surface area contributed by atoms with E-state index in [1.807, 2.05) is 6.92 Å². The Balaban J connectivity index is 2.30. The minimum Gasteiger partial charge on any atom is -0.395 e. The molecule has 2 N–H and O–H groups in total. The van der Waals surface area contributed by atoms with E-state index in [4.69, 9.17) is 4.74 Å². The number of likely N-dealkylation sites (tertiary alicyclic amines) is 1. The Hall–Kier alpha value is -0.650. The summed E-state index contributed by atoms with van der Waals surface area (Å²) in [7, 11) is 1.65. The van der Waals surface area contributed by atoms with E-state index in [2.05, 4.69) is 10.2 Å². The van der Waals surface area contributed by atoms with E-state index in [0.717, 1.165) is 25.8 Å². The van der Waals surface area contributed by atoms with Crippen molar-refractivity contribution in [2.24, 2.45) is 0 Å². The first-order valence-electron chi connectivity index (χ1n) is 6.34. The van der Waals surface area contributed by atoms with E-state index in [0.29, 0.717) is 13.2 Å². The van der Waals surface area contributed by atoms with Gasteiger partial charge in [0.15, 0.2) is 0 Å². The van der Waals surface area contributed by atoms with Gasteiger partial charge in [0.05, 0.1) is 12.6 Å². The summed E-state index contributed by atoms with van der Waals surface area (Å²) < 4.78 is 4.92. The number of nitrogens with zero attached hydrogens (tertiary/aromatic N) is 1. The fourth-order valence-electron chi connectivity index (χ4n) is 2.29. The second-order valence-electron chi connectivity index (χ2n) is 4.53. The van der Waals surface area contributed by atoms with Crippen molar-refractivity contribution in [2.75, 3.05) is 33.4 Å². The third kappa shape index (κ3) is 4.26. The average molecular weight is 244 g/mol. The van der Waals surface area contributed by atoms with Gasteiger partial charge in [0.25, 0.3) is 0 Å². The van der Waals surface area contributed by atoms with Crippen molar-refractivity contribution < 1.29 is 14.6 Å². The Labute approximate surface area is 103 Å². The van der Waals surface area contributed by atoms with Crippen LogP contribution in [-0.4, -0.2) is 61.4 Å². The summed E-state index contributed by atoms with van der Waals surface area (Å²) >= 11 is 0. The monoisotopic (exact) mass is 244 g/mol. The predicted molar refractivity (Wildman–Crippen MR) is 65.8 cm³/mol. The highest BCUT2D eigenvalue weighted by Crippen LogP contribution is 2.19. The van der Waals surface area contributed by atoms with Crippen LogP contribution in [0, 0.1) is 0 Å². The maximum Gasteiger partial charge on any atom is 0.237 e. The molecule has 0 bridgehead atoms. The van der Waals surface area contributed by atoms with E-state index >= 15 is 0 Å². The van der Waals surface area contributed by atoms with Crippen LogP contribution >= 0.6 is 0 Å². The van der Waals surface area contributed by atoms with Gasteiger partial charge in [0, 0.05) is 26.3 Å². The Bertz CT molecular complexity index is 236. The minimum atomic E-state index is -0.155. The molecule has 5 nitrogen and oxygen atoms in total. The lowest BCUT2D eigenvalue weighted by molar-refractivity contribution is -0.126. The van der Waals surface area contributed by atoms with Crippen molar-refractivity contribution in [1.29, 1.82) is 0 Å². The van der Waals surface area contributed by atoms with Crippen LogP contribution in [0.25, 0.3) is 0 Å². The Morgan fingerprint density at radius 1 is 1.65 bits per heavy atom. The molecule has 1 heterocycles. The molecule has 0 saturated carbocycles. The summed E-state index contributed by atoms with van der Waals surface area (Å²) in [5.41, 5.74) is 0. The summed E-state index contributed by atoms with van der Waals surface area (Å²) in [6.45, 7) is 4.26. The summed E-state index contributed by atoms with van der Waals surface area (Å²) in [4.78, 5) is 14.0. The Morgan fingerprint density at radius 3 is 3.06 bits per heavy atom. The zero-order valence-electron chi connectivity index (χ0n) is 10.8. The van der Waals surface area contributed by atoms with Gasteiger partial charge in [0.1, 0.15) is 0 Å². The largest absolute Gasteiger partial charge is 0.395 e. The molecule has 0 aromatic carbocycles. The lowest BCUT2D eigenvalue weighted by Crippen LogP contribution is -2.48. The van der Waals surface area contributed by atoms with Gasteiger partial charge in [-0.3, -0.25) is 9.69 Å². The first kappa shape index (κ1) is 14.4. The molecule has 1 fully saturated rings. The number of nitrogens with one attached hydrogen (secondary N) is 1.